The van der Waals surface area contributed by atoms with Gasteiger partial charge in [0.1, 0.15) is 0 Å². The molecule has 80 valence electrons. The second-order valence-corrected chi connectivity index (χ2v) is 4.40. The predicted molar refractivity (Wildman–Crippen MR) is 62.3 cm³/mol. The Morgan fingerprint density at radius 3 is 2.81 bits per heavy atom. The van der Waals surface area contributed by atoms with Crippen molar-refractivity contribution < 1.29 is 0 Å². The minimum absolute atomic E-state index is 0.513. The van der Waals surface area contributed by atoms with E-state index in [0.29, 0.717) is 11.6 Å². The monoisotopic (exact) mass is 231 g/mol. The molecule has 0 aliphatic heterocycles. The maximum Gasteiger partial charge on any atom is 0.236 e. The van der Waals surface area contributed by atoms with E-state index in [4.69, 9.17) is 5.73 Å². The first-order valence-corrected chi connectivity index (χ1v) is 5.65. The van der Waals surface area contributed by atoms with Gasteiger partial charge >= 0.3 is 0 Å². The summed E-state index contributed by atoms with van der Waals surface area (Å²) in [6.45, 7) is 0. The minimum Gasteiger partial charge on any atom is -0.374 e. The first-order chi connectivity index (χ1) is 7.83. The summed E-state index contributed by atoms with van der Waals surface area (Å²) in [6, 6.07) is 10.1. The maximum atomic E-state index is 5.62. The number of hydrogen-bond donors (Lipinski definition) is 1. The molecule has 2 heterocycles. The summed E-state index contributed by atoms with van der Waals surface area (Å²) >= 11 is 1.34. The van der Waals surface area contributed by atoms with Crippen LogP contribution in [0.1, 0.15) is 11.4 Å². The van der Waals surface area contributed by atoms with Crippen LogP contribution in [-0.2, 0) is 6.42 Å². The van der Waals surface area contributed by atoms with E-state index in [1.54, 1.807) is 4.52 Å². The van der Waals surface area contributed by atoms with E-state index in [1.807, 2.05) is 18.2 Å². The van der Waals surface area contributed by atoms with Gasteiger partial charge in [-0.05, 0) is 5.56 Å². The molecule has 1 aromatic carbocycles. The number of aromatic nitrogens is 4. The summed E-state index contributed by atoms with van der Waals surface area (Å²) in [6.07, 6.45) is 0.713. The Bertz CT molecular complexity index is 612. The highest BCUT2D eigenvalue weighted by molar-refractivity contribution is 7.20. The van der Waals surface area contributed by atoms with Gasteiger partial charge in [-0.2, -0.15) is 4.52 Å². The van der Waals surface area contributed by atoms with Crippen LogP contribution in [0.25, 0.3) is 4.96 Å². The lowest BCUT2D eigenvalue weighted by Gasteiger charge is -1.96. The van der Waals surface area contributed by atoms with Crippen molar-refractivity contribution in [2.24, 2.45) is 0 Å². The zero-order valence-electron chi connectivity index (χ0n) is 8.37. The molecular formula is C10H9N5S. The van der Waals surface area contributed by atoms with Crippen molar-refractivity contribution >= 4 is 21.4 Å². The Balaban J connectivity index is 2.00. The lowest BCUT2D eigenvalue weighted by molar-refractivity contribution is 0.855. The van der Waals surface area contributed by atoms with Gasteiger partial charge in [-0.15, -0.1) is 15.3 Å². The van der Waals surface area contributed by atoms with E-state index in [0.717, 1.165) is 10.8 Å². The predicted octanol–water partition coefficient (Wildman–Crippen LogP) is 1.36. The van der Waals surface area contributed by atoms with Gasteiger partial charge in [0.15, 0.2) is 5.82 Å². The van der Waals surface area contributed by atoms with Crippen molar-refractivity contribution in [3.63, 3.8) is 0 Å². The van der Waals surface area contributed by atoms with Crippen molar-refractivity contribution in [1.29, 1.82) is 0 Å². The van der Waals surface area contributed by atoms with Gasteiger partial charge in [-0.25, -0.2) is 0 Å². The summed E-state index contributed by atoms with van der Waals surface area (Å²) in [7, 11) is 0. The van der Waals surface area contributed by atoms with Crippen LogP contribution in [0.4, 0.5) is 5.13 Å². The Morgan fingerprint density at radius 1 is 1.19 bits per heavy atom. The maximum absolute atomic E-state index is 5.62. The molecule has 5 nitrogen and oxygen atoms in total. The molecule has 0 saturated heterocycles. The molecule has 0 unspecified atom stereocenters. The third-order valence-corrected chi connectivity index (χ3v) is 3.00. The van der Waals surface area contributed by atoms with Crippen molar-refractivity contribution in [1.82, 2.24) is 19.8 Å². The third kappa shape index (κ3) is 1.53. The van der Waals surface area contributed by atoms with Gasteiger partial charge in [0.05, 0.1) is 0 Å². The summed E-state index contributed by atoms with van der Waals surface area (Å²) in [4.78, 5) is 0.739. The Hall–Kier alpha value is -1.95. The van der Waals surface area contributed by atoms with E-state index in [2.05, 4.69) is 27.4 Å². The largest absolute Gasteiger partial charge is 0.374 e. The summed E-state index contributed by atoms with van der Waals surface area (Å²) in [5.41, 5.74) is 6.80. The van der Waals surface area contributed by atoms with Crippen LogP contribution >= 0.6 is 11.3 Å². The zero-order valence-corrected chi connectivity index (χ0v) is 9.18. The molecule has 0 radical (unpaired) electrons. The number of nitrogens with two attached hydrogens (primary N) is 1. The molecule has 16 heavy (non-hydrogen) atoms. The van der Waals surface area contributed by atoms with Crippen LogP contribution in [0.3, 0.4) is 0 Å². The number of fused-ring (bicyclic) bond motifs is 1. The molecule has 2 aromatic heterocycles. The zero-order chi connectivity index (χ0) is 11.0. The topological polar surface area (TPSA) is 69.1 Å². The van der Waals surface area contributed by atoms with Crippen molar-refractivity contribution in [2.45, 2.75) is 6.42 Å². The average Bonchev–Trinajstić information content (AvgIpc) is 2.81. The molecule has 2 N–H and O–H groups in total. The Labute approximate surface area is 95.5 Å². The van der Waals surface area contributed by atoms with Crippen molar-refractivity contribution in [2.75, 3.05) is 5.73 Å². The smallest absolute Gasteiger partial charge is 0.236 e. The molecule has 0 aliphatic rings. The van der Waals surface area contributed by atoms with Gasteiger partial charge in [0.25, 0.3) is 0 Å². The van der Waals surface area contributed by atoms with Crippen LogP contribution in [0, 0.1) is 0 Å². The summed E-state index contributed by atoms with van der Waals surface area (Å²) in [5, 5.41) is 12.8. The highest BCUT2D eigenvalue weighted by atomic mass is 32.1. The molecule has 3 rings (SSSR count). The second-order valence-electron chi connectivity index (χ2n) is 3.41. The summed E-state index contributed by atoms with van der Waals surface area (Å²) < 4.78 is 1.70. The number of nitrogen functional groups attached to an aromatic ring is 1. The van der Waals surface area contributed by atoms with Crippen LogP contribution in [-0.4, -0.2) is 19.8 Å². The fraction of sp³-hybridized carbons (Fsp3) is 0.100. The van der Waals surface area contributed by atoms with Gasteiger partial charge in [0, 0.05) is 6.42 Å². The SMILES string of the molecule is Nc1nn2c(Cc3ccccc3)nnc2s1. The first kappa shape index (κ1) is 9.29. The molecule has 0 amide bonds. The lowest BCUT2D eigenvalue weighted by atomic mass is 10.1. The van der Waals surface area contributed by atoms with E-state index in [9.17, 15) is 0 Å². The molecule has 0 saturated carbocycles. The summed E-state index contributed by atoms with van der Waals surface area (Å²) in [5.74, 6) is 0.814. The van der Waals surface area contributed by atoms with E-state index in [-0.39, 0.29) is 0 Å². The number of rotatable bonds is 2. The standard InChI is InChI=1S/C10H9N5S/c11-9-14-15-8(12-13-10(15)16-9)6-7-4-2-1-3-5-7/h1-5H,6H2,(H2,11,14). The van der Waals surface area contributed by atoms with Gasteiger partial charge < -0.3 is 5.73 Å². The molecule has 0 aliphatic carbocycles. The molecule has 3 aromatic rings. The van der Waals surface area contributed by atoms with Gasteiger partial charge in [-0.3, -0.25) is 0 Å². The van der Waals surface area contributed by atoms with E-state index in [1.165, 1.54) is 16.9 Å². The fourth-order valence-corrected chi connectivity index (χ4v) is 2.18. The van der Waals surface area contributed by atoms with Crippen LogP contribution < -0.4 is 5.73 Å². The Morgan fingerprint density at radius 2 is 2.00 bits per heavy atom. The molecule has 6 heteroatoms. The number of hydrogen-bond acceptors (Lipinski definition) is 5. The molecule has 0 atom stereocenters. The first-order valence-electron chi connectivity index (χ1n) is 4.83. The fourth-order valence-electron chi connectivity index (χ4n) is 1.56. The molecular weight excluding hydrogens is 222 g/mol. The molecule has 0 spiro atoms. The number of nitrogens with zero attached hydrogens (tertiary/aromatic N) is 4. The van der Waals surface area contributed by atoms with Crippen LogP contribution in [0.15, 0.2) is 30.3 Å². The minimum atomic E-state index is 0.513. The van der Waals surface area contributed by atoms with Crippen molar-refractivity contribution in [3.05, 3.63) is 41.7 Å². The number of anilines is 1. The van der Waals surface area contributed by atoms with Crippen molar-refractivity contribution in [3.8, 4) is 0 Å². The van der Waals surface area contributed by atoms with Gasteiger partial charge in [-0.1, -0.05) is 41.7 Å². The highest BCUT2D eigenvalue weighted by Gasteiger charge is 2.10. The van der Waals surface area contributed by atoms with E-state index >= 15 is 0 Å². The number of benzene rings is 1. The second kappa shape index (κ2) is 3.57. The van der Waals surface area contributed by atoms with Gasteiger partial charge in [0.2, 0.25) is 10.1 Å². The van der Waals surface area contributed by atoms with Crippen LogP contribution in [0.2, 0.25) is 0 Å². The molecule has 0 fully saturated rings. The van der Waals surface area contributed by atoms with E-state index < -0.39 is 0 Å². The average molecular weight is 231 g/mol. The Kier molecular flexibility index (Phi) is 2.07. The lowest BCUT2D eigenvalue weighted by Crippen LogP contribution is -1.98. The quantitative estimate of drug-likeness (QED) is 0.723. The molecule has 0 bridgehead atoms. The van der Waals surface area contributed by atoms with Crippen LogP contribution in [0.5, 0.6) is 0 Å². The third-order valence-electron chi connectivity index (χ3n) is 2.28. The highest BCUT2D eigenvalue weighted by Crippen LogP contribution is 2.16. The normalized spacial score (nSPS) is 11.0.